The number of para-hydroxylation sites is 1. The molecule has 7 nitrogen and oxygen atoms in total. The number of ether oxygens (including phenoxy) is 3. The van der Waals surface area contributed by atoms with E-state index < -0.39 is 10.1 Å². The van der Waals surface area contributed by atoms with Crippen molar-refractivity contribution in [2.45, 2.75) is 17.5 Å². The Morgan fingerprint density at radius 3 is 2.45 bits per heavy atom. The summed E-state index contributed by atoms with van der Waals surface area (Å²) in [6.45, 7) is 2.51. The summed E-state index contributed by atoms with van der Waals surface area (Å²) in [5, 5.41) is 0. The molecular weight excluding hydrogens is 442 g/mol. The predicted octanol–water partition coefficient (Wildman–Crippen LogP) is 4.05. The molecule has 1 aliphatic heterocycles. The van der Waals surface area contributed by atoms with E-state index in [1.165, 1.54) is 12.1 Å². The average Bonchev–Trinajstić information content (AvgIpc) is 2.85. The Labute approximate surface area is 194 Å². The lowest BCUT2D eigenvalue weighted by atomic mass is 10.1. The van der Waals surface area contributed by atoms with Gasteiger partial charge < -0.3 is 18.4 Å². The van der Waals surface area contributed by atoms with Crippen molar-refractivity contribution in [3.8, 4) is 17.2 Å². The van der Waals surface area contributed by atoms with Crippen molar-refractivity contribution in [3.05, 3.63) is 83.9 Å². The van der Waals surface area contributed by atoms with Crippen molar-refractivity contribution < 1.29 is 26.8 Å². The second-order valence-corrected chi connectivity index (χ2v) is 9.21. The lowest BCUT2D eigenvalue weighted by Gasteiger charge is -2.34. The highest BCUT2D eigenvalue weighted by Gasteiger charge is 2.27. The van der Waals surface area contributed by atoms with E-state index in [0.717, 1.165) is 23.6 Å². The Balaban J connectivity index is 1.52. The van der Waals surface area contributed by atoms with Crippen LogP contribution >= 0.6 is 0 Å². The topological polar surface area (TPSA) is 74.3 Å². The highest BCUT2D eigenvalue weighted by Crippen LogP contribution is 2.33. The molecule has 1 fully saturated rings. The van der Waals surface area contributed by atoms with Crippen LogP contribution < -0.4 is 13.7 Å². The molecule has 0 unspecified atom stereocenters. The van der Waals surface area contributed by atoms with Gasteiger partial charge in [0.25, 0.3) is 0 Å². The van der Waals surface area contributed by atoms with E-state index in [2.05, 4.69) is 4.90 Å². The zero-order valence-electron chi connectivity index (χ0n) is 18.6. The van der Waals surface area contributed by atoms with Crippen LogP contribution in [0.1, 0.15) is 17.2 Å². The fourth-order valence-corrected chi connectivity index (χ4v) is 4.81. The van der Waals surface area contributed by atoms with Gasteiger partial charge in [-0.05, 0) is 24.3 Å². The highest BCUT2D eigenvalue weighted by atomic mass is 32.2. The third-order valence-electron chi connectivity index (χ3n) is 5.54. The van der Waals surface area contributed by atoms with E-state index in [-0.39, 0.29) is 16.7 Å². The summed E-state index contributed by atoms with van der Waals surface area (Å²) in [5.41, 5.74) is 1.73. The molecule has 0 radical (unpaired) electrons. The molecule has 1 aliphatic rings. The highest BCUT2D eigenvalue weighted by molar-refractivity contribution is 7.87. The minimum atomic E-state index is -3.95. The van der Waals surface area contributed by atoms with Crippen molar-refractivity contribution in [2.75, 3.05) is 33.9 Å². The number of nitrogens with zero attached hydrogens (tertiary/aromatic N) is 1. The number of rotatable bonds is 8. The molecule has 3 aromatic rings. The summed E-state index contributed by atoms with van der Waals surface area (Å²) in [7, 11) is -0.686. The van der Waals surface area contributed by atoms with E-state index in [4.69, 9.17) is 18.4 Å². The number of hydrogen-bond donors (Lipinski definition) is 0. The van der Waals surface area contributed by atoms with Crippen molar-refractivity contribution in [1.82, 2.24) is 4.90 Å². The first-order valence-electron chi connectivity index (χ1n) is 10.6. The first-order valence-corrected chi connectivity index (χ1v) is 12.0. The van der Waals surface area contributed by atoms with Crippen LogP contribution in [0.3, 0.4) is 0 Å². The summed E-state index contributed by atoms with van der Waals surface area (Å²) in [6, 6.07) is 21.0. The van der Waals surface area contributed by atoms with Gasteiger partial charge in [0.05, 0.1) is 26.9 Å². The van der Waals surface area contributed by atoms with Gasteiger partial charge in [-0.25, -0.2) is 0 Å². The third kappa shape index (κ3) is 5.47. The molecule has 4 rings (SSSR count). The van der Waals surface area contributed by atoms with Gasteiger partial charge in [-0.15, -0.1) is 0 Å². The largest absolute Gasteiger partial charge is 0.497 e. The maximum absolute atomic E-state index is 12.8. The van der Waals surface area contributed by atoms with E-state index >= 15 is 0 Å². The van der Waals surface area contributed by atoms with Gasteiger partial charge in [0.1, 0.15) is 22.1 Å². The molecule has 0 amide bonds. The monoisotopic (exact) mass is 469 g/mol. The van der Waals surface area contributed by atoms with Crippen LogP contribution in [0.4, 0.5) is 0 Å². The quantitative estimate of drug-likeness (QED) is 0.461. The second-order valence-electron chi connectivity index (χ2n) is 7.66. The molecule has 1 saturated heterocycles. The molecule has 0 saturated carbocycles. The minimum absolute atomic E-state index is 0.109. The molecule has 174 valence electrons. The van der Waals surface area contributed by atoms with Gasteiger partial charge in [-0.3, -0.25) is 4.90 Å². The second kappa shape index (κ2) is 10.2. The Bertz CT molecular complexity index is 1180. The van der Waals surface area contributed by atoms with E-state index in [9.17, 15) is 8.42 Å². The van der Waals surface area contributed by atoms with Crippen LogP contribution in [0.2, 0.25) is 0 Å². The fourth-order valence-electron chi connectivity index (χ4n) is 3.83. The van der Waals surface area contributed by atoms with Gasteiger partial charge in [-0.2, -0.15) is 8.42 Å². The molecule has 0 bridgehead atoms. The SMILES string of the molecule is COc1ccc(CN2CCO[C@H](c3ccccc3OS(=O)(=O)c3ccccc3)C2)c(OC)c1. The molecule has 0 N–H and O–H groups in total. The summed E-state index contributed by atoms with van der Waals surface area (Å²) < 4.78 is 47.9. The Hall–Kier alpha value is -3.07. The number of methoxy groups -OCH3 is 2. The Morgan fingerprint density at radius 2 is 1.70 bits per heavy atom. The Morgan fingerprint density at radius 1 is 0.939 bits per heavy atom. The number of benzene rings is 3. The smallest absolute Gasteiger partial charge is 0.339 e. The number of morpholine rings is 1. The van der Waals surface area contributed by atoms with Gasteiger partial charge in [0, 0.05) is 36.8 Å². The van der Waals surface area contributed by atoms with Gasteiger partial charge in [0.15, 0.2) is 0 Å². The minimum Gasteiger partial charge on any atom is -0.497 e. The third-order valence-corrected chi connectivity index (χ3v) is 6.78. The van der Waals surface area contributed by atoms with Gasteiger partial charge >= 0.3 is 10.1 Å². The maximum atomic E-state index is 12.8. The van der Waals surface area contributed by atoms with Crippen molar-refractivity contribution >= 4 is 10.1 Å². The first-order chi connectivity index (χ1) is 16.0. The first kappa shape index (κ1) is 23.1. The molecule has 1 atom stereocenters. The molecule has 0 aliphatic carbocycles. The van der Waals surface area contributed by atoms with Crippen LogP contribution in [0.5, 0.6) is 17.2 Å². The van der Waals surface area contributed by atoms with Crippen LogP contribution in [-0.4, -0.2) is 47.2 Å². The van der Waals surface area contributed by atoms with E-state index in [1.807, 2.05) is 30.3 Å². The summed E-state index contributed by atoms with van der Waals surface area (Å²) in [4.78, 5) is 2.36. The molecule has 3 aromatic carbocycles. The normalized spacial score (nSPS) is 16.8. The zero-order valence-corrected chi connectivity index (χ0v) is 19.5. The predicted molar refractivity (Wildman–Crippen MR) is 124 cm³/mol. The molecule has 33 heavy (non-hydrogen) atoms. The Kier molecular flexibility index (Phi) is 7.17. The zero-order chi connectivity index (χ0) is 23.3. The maximum Gasteiger partial charge on any atom is 0.339 e. The van der Waals surface area contributed by atoms with Crippen molar-refractivity contribution in [1.29, 1.82) is 0 Å². The lowest BCUT2D eigenvalue weighted by Crippen LogP contribution is -2.38. The van der Waals surface area contributed by atoms with Gasteiger partial charge in [0.2, 0.25) is 0 Å². The summed E-state index contributed by atoms with van der Waals surface area (Å²) in [6.07, 6.45) is -0.329. The van der Waals surface area contributed by atoms with Crippen molar-refractivity contribution in [2.24, 2.45) is 0 Å². The van der Waals surface area contributed by atoms with Crippen LogP contribution in [0.15, 0.2) is 77.7 Å². The van der Waals surface area contributed by atoms with Gasteiger partial charge in [-0.1, -0.05) is 42.5 Å². The number of hydrogen-bond acceptors (Lipinski definition) is 7. The molecule has 0 spiro atoms. The van der Waals surface area contributed by atoms with Crippen molar-refractivity contribution in [3.63, 3.8) is 0 Å². The average molecular weight is 470 g/mol. The van der Waals surface area contributed by atoms with E-state index in [0.29, 0.717) is 25.3 Å². The summed E-state index contributed by atoms with van der Waals surface area (Å²) in [5.74, 6) is 1.77. The van der Waals surface area contributed by atoms with Crippen LogP contribution in [0.25, 0.3) is 0 Å². The summed E-state index contributed by atoms with van der Waals surface area (Å²) >= 11 is 0. The molecule has 8 heteroatoms. The van der Waals surface area contributed by atoms with Crippen LogP contribution in [-0.2, 0) is 21.4 Å². The van der Waals surface area contributed by atoms with Crippen LogP contribution in [0, 0.1) is 0 Å². The molecular formula is C25H27NO6S. The molecule has 1 heterocycles. The fraction of sp³-hybridized carbons (Fsp3) is 0.280. The lowest BCUT2D eigenvalue weighted by molar-refractivity contribution is -0.0336. The molecule has 0 aromatic heterocycles. The van der Waals surface area contributed by atoms with E-state index in [1.54, 1.807) is 44.6 Å². The standard InChI is InChI=1S/C25H27NO6S/c1-29-20-13-12-19(24(16-20)30-2)17-26-14-15-31-25(18-26)22-10-6-7-11-23(22)32-33(27,28)21-8-4-3-5-9-21/h3-13,16,25H,14-15,17-18H2,1-2H3/t25-/m0/s1.